The van der Waals surface area contributed by atoms with Crippen molar-refractivity contribution in [2.24, 2.45) is 5.92 Å². The van der Waals surface area contributed by atoms with Gasteiger partial charge in [-0.1, -0.05) is 5.16 Å². The van der Waals surface area contributed by atoms with Gasteiger partial charge in [0.25, 0.3) is 6.43 Å². The van der Waals surface area contributed by atoms with Crippen LogP contribution < -0.4 is 4.74 Å². The van der Waals surface area contributed by atoms with Crippen molar-refractivity contribution in [3.8, 4) is 17.4 Å². The van der Waals surface area contributed by atoms with E-state index >= 15 is 0 Å². The van der Waals surface area contributed by atoms with E-state index in [0.717, 1.165) is 12.8 Å². The number of rotatable bonds is 6. The molecule has 1 aliphatic rings. The third-order valence-electron chi connectivity index (χ3n) is 4.11. The van der Waals surface area contributed by atoms with E-state index in [4.69, 9.17) is 9.26 Å². The highest BCUT2D eigenvalue weighted by atomic mass is 19.3. The van der Waals surface area contributed by atoms with Crippen molar-refractivity contribution < 1.29 is 18.0 Å². The molecule has 1 fully saturated rings. The first-order valence-corrected chi connectivity index (χ1v) is 7.85. The quantitative estimate of drug-likeness (QED) is 0.797. The van der Waals surface area contributed by atoms with E-state index in [-0.39, 0.29) is 6.54 Å². The van der Waals surface area contributed by atoms with Gasteiger partial charge in [-0.15, -0.1) is 10.2 Å². The molecule has 2 aromatic heterocycles. The summed E-state index contributed by atoms with van der Waals surface area (Å²) < 4.78 is 35.0. The topological polar surface area (TPSA) is 77.2 Å². The van der Waals surface area contributed by atoms with Crippen LogP contribution in [0.1, 0.15) is 18.7 Å². The molecule has 0 unspecified atom stereocenters. The number of hydrogen-bond acceptors (Lipinski definition) is 7. The lowest BCUT2D eigenvalue weighted by Gasteiger charge is -2.30. The molecule has 0 atom stereocenters. The predicted octanol–water partition coefficient (Wildman–Crippen LogP) is 2.05. The van der Waals surface area contributed by atoms with Crippen LogP contribution in [0.25, 0.3) is 11.5 Å². The van der Waals surface area contributed by atoms with Crippen molar-refractivity contribution in [3.05, 3.63) is 18.0 Å². The van der Waals surface area contributed by atoms with Crippen LogP contribution in [0.15, 0.2) is 16.7 Å². The molecule has 7 nitrogen and oxygen atoms in total. The van der Waals surface area contributed by atoms with Gasteiger partial charge in [0.05, 0.1) is 13.7 Å². The van der Waals surface area contributed by atoms with Gasteiger partial charge in [-0.3, -0.25) is 4.90 Å². The number of alkyl halides is 2. The van der Waals surface area contributed by atoms with Crippen LogP contribution in [0.4, 0.5) is 8.78 Å². The number of methoxy groups -OCH3 is 1. The highest BCUT2D eigenvalue weighted by molar-refractivity contribution is 5.47. The van der Waals surface area contributed by atoms with E-state index in [1.54, 1.807) is 17.0 Å². The van der Waals surface area contributed by atoms with Crippen molar-refractivity contribution in [1.82, 2.24) is 25.2 Å². The second-order valence-corrected chi connectivity index (χ2v) is 5.81. The van der Waals surface area contributed by atoms with Gasteiger partial charge in [0.15, 0.2) is 0 Å². The molecule has 0 aromatic carbocycles. The van der Waals surface area contributed by atoms with Crippen molar-refractivity contribution in [2.45, 2.75) is 25.7 Å². The Balaban J connectivity index is 1.54. The summed E-state index contributed by atoms with van der Waals surface area (Å²) in [6.07, 6.45) is 0.0872. The smallest absolute Gasteiger partial charge is 0.251 e. The fourth-order valence-corrected chi connectivity index (χ4v) is 2.81. The van der Waals surface area contributed by atoms with Crippen LogP contribution in [0, 0.1) is 5.92 Å². The average Bonchev–Trinajstić information content (AvgIpc) is 3.05. The van der Waals surface area contributed by atoms with E-state index < -0.39 is 6.43 Å². The molecule has 0 spiro atoms. The Morgan fingerprint density at radius 3 is 2.71 bits per heavy atom. The van der Waals surface area contributed by atoms with Crippen LogP contribution >= 0.6 is 0 Å². The molecule has 3 rings (SSSR count). The molecule has 0 bridgehead atoms. The molecule has 1 aliphatic heterocycles. The first-order valence-electron chi connectivity index (χ1n) is 7.85. The lowest BCUT2D eigenvalue weighted by molar-refractivity contribution is 0.0681. The van der Waals surface area contributed by atoms with Gasteiger partial charge in [-0.25, -0.2) is 8.78 Å². The lowest BCUT2D eigenvalue weighted by atomic mass is 9.93. The predicted molar refractivity (Wildman–Crippen MR) is 80.7 cm³/mol. The Morgan fingerprint density at radius 1 is 1.29 bits per heavy atom. The minimum Gasteiger partial charge on any atom is -0.480 e. The number of nitrogens with zero attached hydrogens (tertiary/aromatic N) is 5. The molecular weight excluding hydrogens is 320 g/mol. The van der Waals surface area contributed by atoms with Gasteiger partial charge in [0.2, 0.25) is 17.6 Å². The van der Waals surface area contributed by atoms with Gasteiger partial charge >= 0.3 is 0 Å². The van der Waals surface area contributed by atoms with E-state index in [9.17, 15) is 8.78 Å². The third-order valence-corrected chi connectivity index (χ3v) is 4.11. The first kappa shape index (κ1) is 16.7. The Labute approximate surface area is 138 Å². The fourth-order valence-electron chi connectivity index (χ4n) is 2.81. The monoisotopic (exact) mass is 339 g/mol. The second kappa shape index (κ2) is 7.61. The molecule has 2 aromatic rings. The minimum absolute atomic E-state index is 0.145. The zero-order valence-corrected chi connectivity index (χ0v) is 13.4. The van der Waals surface area contributed by atoms with Crippen molar-refractivity contribution in [1.29, 1.82) is 0 Å². The number of halogens is 2. The number of aromatic nitrogens is 4. The summed E-state index contributed by atoms with van der Waals surface area (Å²) in [7, 11) is 1.52. The molecule has 0 amide bonds. The number of hydrogen-bond donors (Lipinski definition) is 0. The fraction of sp³-hybridized carbons (Fsp3) is 0.600. The van der Waals surface area contributed by atoms with Crippen LogP contribution in [0.2, 0.25) is 0 Å². The lowest BCUT2D eigenvalue weighted by Crippen LogP contribution is -2.37. The van der Waals surface area contributed by atoms with Crippen LogP contribution in [-0.2, 0) is 6.42 Å². The van der Waals surface area contributed by atoms with Crippen molar-refractivity contribution in [2.75, 3.05) is 26.7 Å². The molecule has 0 N–H and O–H groups in total. The summed E-state index contributed by atoms with van der Waals surface area (Å²) in [5.41, 5.74) is 0.512. The van der Waals surface area contributed by atoms with Gasteiger partial charge in [-0.2, -0.15) is 4.98 Å². The third kappa shape index (κ3) is 4.22. The Kier molecular flexibility index (Phi) is 5.29. The maximum Gasteiger partial charge on any atom is 0.251 e. The number of piperidine rings is 1. The SMILES string of the molecule is COc1ccc(-c2noc(CC3CCN(CC(F)F)CC3)n2)nn1. The van der Waals surface area contributed by atoms with Gasteiger partial charge in [0, 0.05) is 12.5 Å². The van der Waals surface area contributed by atoms with E-state index in [1.165, 1.54) is 7.11 Å². The maximum atomic E-state index is 12.4. The van der Waals surface area contributed by atoms with E-state index in [0.29, 0.717) is 48.7 Å². The molecule has 0 saturated carbocycles. The molecule has 24 heavy (non-hydrogen) atoms. The molecule has 130 valence electrons. The van der Waals surface area contributed by atoms with Gasteiger partial charge < -0.3 is 9.26 Å². The highest BCUT2D eigenvalue weighted by Gasteiger charge is 2.23. The molecular formula is C15H19F2N5O2. The summed E-state index contributed by atoms with van der Waals surface area (Å²) in [4.78, 5) is 6.14. The second-order valence-electron chi connectivity index (χ2n) is 5.81. The molecule has 9 heteroatoms. The number of ether oxygens (including phenoxy) is 1. The Bertz CT molecular complexity index is 642. The first-order chi connectivity index (χ1) is 11.6. The largest absolute Gasteiger partial charge is 0.480 e. The average molecular weight is 339 g/mol. The van der Waals surface area contributed by atoms with Crippen LogP contribution in [0.3, 0.4) is 0 Å². The summed E-state index contributed by atoms with van der Waals surface area (Å²) >= 11 is 0. The van der Waals surface area contributed by atoms with Gasteiger partial charge in [0.1, 0.15) is 5.69 Å². The maximum absolute atomic E-state index is 12.4. The van der Waals surface area contributed by atoms with Crippen LogP contribution in [0.5, 0.6) is 5.88 Å². The molecule has 0 aliphatic carbocycles. The van der Waals surface area contributed by atoms with Crippen molar-refractivity contribution in [3.63, 3.8) is 0 Å². The minimum atomic E-state index is -2.27. The number of likely N-dealkylation sites (tertiary alicyclic amines) is 1. The molecule has 1 saturated heterocycles. The highest BCUT2D eigenvalue weighted by Crippen LogP contribution is 2.23. The molecule has 3 heterocycles. The van der Waals surface area contributed by atoms with Gasteiger partial charge in [-0.05, 0) is 37.9 Å². The van der Waals surface area contributed by atoms with Crippen LogP contribution in [-0.4, -0.2) is 58.4 Å². The molecule has 0 radical (unpaired) electrons. The zero-order valence-electron chi connectivity index (χ0n) is 13.4. The summed E-state index contributed by atoms with van der Waals surface area (Å²) in [6, 6.07) is 3.39. The van der Waals surface area contributed by atoms with E-state index in [2.05, 4.69) is 20.3 Å². The zero-order chi connectivity index (χ0) is 16.9. The summed E-state index contributed by atoms with van der Waals surface area (Å²) in [5, 5.41) is 11.8. The normalized spacial score (nSPS) is 16.7. The summed E-state index contributed by atoms with van der Waals surface area (Å²) in [6.45, 7) is 1.22. The Morgan fingerprint density at radius 2 is 2.08 bits per heavy atom. The summed E-state index contributed by atoms with van der Waals surface area (Å²) in [5.74, 6) is 1.71. The Hall–Kier alpha value is -2.16. The van der Waals surface area contributed by atoms with Crippen molar-refractivity contribution >= 4 is 0 Å². The standard InChI is InChI=1S/C15H19F2N5O2/c1-23-13-3-2-11(19-20-13)15-18-14(24-21-15)8-10-4-6-22(7-5-10)9-12(16)17/h2-3,10,12H,4-9H2,1H3. The van der Waals surface area contributed by atoms with E-state index in [1.807, 2.05) is 0 Å².